The molecule has 16 heavy (non-hydrogen) atoms. The van der Waals surface area contributed by atoms with Gasteiger partial charge in [0.05, 0.1) is 0 Å². The number of hydrogen-bond donors (Lipinski definition) is 2. The fourth-order valence-corrected chi connectivity index (χ4v) is 1.65. The molecular weight excluding hydrogens is 202 g/mol. The van der Waals surface area contributed by atoms with Crippen LogP contribution >= 0.6 is 0 Å². The van der Waals surface area contributed by atoms with Gasteiger partial charge in [0, 0.05) is 6.54 Å². The van der Waals surface area contributed by atoms with Gasteiger partial charge in [0.25, 0.3) is 5.91 Å². The molecule has 0 spiro atoms. The molecule has 4 heteroatoms. The van der Waals surface area contributed by atoms with Crippen LogP contribution in [0, 0.1) is 5.92 Å². The van der Waals surface area contributed by atoms with Crippen molar-refractivity contribution >= 4 is 11.9 Å². The van der Waals surface area contributed by atoms with E-state index in [1.165, 1.54) is 0 Å². The van der Waals surface area contributed by atoms with Crippen molar-refractivity contribution in [3.63, 3.8) is 0 Å². The molecule has 0 aliphatic carbocycles. The first-order chi connectivity index (χ1) is 7.48. The highest BCUT2D eigenvalue weighted by Gasteiger charge is 2.40. The molecule has 1 amide bonds. The first kappa shape index (κ1) is 13.0. The monoisotopic (exact) mass is 225 g/mol. The van der Waals surface area contributed by atoms with Crippen molar-refractivity contribution in [3.8, 4) is 0 Å². The smallest absolute Gasteiger partial charge is 0.252 e. The van der Waals surface area contributed by atoms with Crippen LogP contribution in [0.15, 0.2) is 4.99 Å². The van der Waals surface area contributed by atoms with Gasteiger partial charge >= 0.3 is 0 Å². The maximum atomic E-state index is 11.8. The van der Waals surface area contributed by atoms with E-state index >= 15 is 0 Å². The van der Waals surface area contributed by atoms with E-state index < -0.39 is 5.54 Å². The van der Waals surface area contributed by atoms with Gasteiger partial charge in [-0.2, -0.15) is 0 Å². The van der Waals surface area contributed by atoms with E-state index in [4.69, 9.17) is 0 Å². The second-order valence-electron chi connectivity index (χ2n) is 5.07. The van der Waals surface area contributed by atoms with E-state index in [-0.39, 0.29) is 5.91 Å². The van der Waals surface area contributed by atoms with Crippen LogP contribution in [-0.4, -0.2) is 24.0 Å². The summed E-state index contributed by atoms with van der Waals surface area (Å²) in [6, 6.07) is 0. The van der Waals surface area contributed by atoms with Gasteiger partial charge in [-0.3, -0.25) is 15.1 Å². The lowest BCUT2D eigenvalue weighted by molar-refractivity contribution is -0.123. The lowest BCUT2D eigenvalue weighted by atomic mass is 9.92. The van der Waals surface area contributed by atoms with Crippen molar-refractivity contribution in [2.45, 2.75) is 52.5 Å². The van der Waals surface area contributed by atoms with Crippen molar-refractivity contribution in [1.82, 2.24) is 10.6 Å². The Labute approximate surface area is 97.9 Å². The Bertz CT molecular complexity index is 286. The first-order valence-electron chi connectivity index (χ1n) is 6.12. The van der Waals surface area contributed by atoms with Gasteiger partial charge in [0.2, 0.25) is 0 Å². The van der Waals surface area contributed by atoms with E-state index in [2.05, 4.69) is 36.4 Å². The number of aliphatic imine (C=N–C) groups is 1. The third-order valence-corrected chi connectivity index (χ3v) is 2.84. The van der Waals surface area contributed by atoms with Crippen molar-refractivity contribution in [3.05, 3.63) is 0 Å². The van der Waals surface area contributed by atoms with Crippen LogP contribution in [0.25, 0.3) is 0 Å². The summed E-state index contributed by atoms with van der Waals surface area (Å²) in [6.45, 7) is 9.10. The molecule has 1 aliphatic heterocycles. The first-order valence-corrected chi connectivity index (χ1v) is 6.12. The van der Waals surface area contributed by atoms with Gasteiger partial charge < -0.3 is 5.32 Å². The minimum absolute atomic E-state index is 0.0444. The third-order valence-electron chi connectivity index (χ3n) is 2.84. The van der Waals surface area contributed by atoms with Gasteiger partial charge in [-0.15, -0.1) is 0 Å². The Morgan fingerprint density at radius 2 is 2.12 bits per heavy atom. The van der Waals surface area contributed by atoms with Crippen LogP contribution in [0.5, 0.6) is 0 Å². The zero-order valence-corrected chi connectivity index (χ0v) is 10.8. The summed E-state index contributed by atoms with van der Waals surface area (Å²) in [4.78, 5) is 16.1. The molecular formula is C12H23N3O. The van der Waals surface area contributed by atoms with Gasteiger partial charge in [0.1, 0.15) is 5.54 Å². The Kier molecular flexibility index (Phi) is 4.33. The summed E-state index contributed by atoms with van der Waals surface area (Å²) >= 11 is 0. The second kappa shape index (κ2) is 5.32. The van der Waals surface area contributed by atoms with Gasteiger partial charge in [-0.25, -0.2) is 0 Å². The van der Waals surface area contributed by atoms with Crippen LogP contribution in [-0.2, 0) is 4.79 Å². The number of carbonyl (C=O) groups is 1. The Balaban J connectivity index is 2.58. The van der Waals surface area contributed by atoms with Gasteiger partial charge in [-0.1, -0.05) is 20.8 Å². The maximum absolute atomic E-state index is 11.8. The van der Waals surface area contributed by atoms with Gasteiger partial charge in [-0.05, 0) is 32.1 Å². The molecule has 1 aliphatic rings. The molecule has 1 saturated heterocycles. The van der Waals surface area contributed by atoms with Crippen LogP contribution in [0.1, 0.15) is 47.0 Å². The lowest BCUT2D eigenvalue weighted by Crippen LogP contribution is -2.43. The van der Waals surface area contributed by atoms with Crippen molar-refractivity contribution in [1.29, 1.82) is 0 Å². The van der Waals surface area contributed by atoms with Crippen molar-refractivity contribution in [2.75, 3.05) is 6.54 Å². The summed E-state index contributed by atoms with van der Waals surface area (Å²) in [7, 11) is 0. The molecule has 1 fully saturated rings. The van der Waals surface area contributed by atoms with Crippen LogP contribution in [0.4, 0.5) is 0 Å². The molecule has 0 saturated carbocycles. The average Bonchev–Trinajstić information content (AvgIpc) is 2.50. The standard InChI is InChI=1S/C12H23N3O/c1-5-8-13-11-14-10(16)12(4,15-11)7-6-9(2)3/h9H,5-8H2,1-4H3,(H2,13,14,15,16). The minimum Gasteiger partial charge on any atom is -0.342 e. The Morgan fingerprint density at radius 3 is 2.69 bits per heavy atom. The van der Waals surface area contributed by atoms with E-state index in [9.17, 15) is 4.79 Å². The summed E-state index contributed by atoms with van der Waals surface area (Å²) in [5.41, 5.74) is -0.475. The Hall–Kier alpha value is -1.06. The number of nitrogens with zero attached hydrogens (tertiary/aromatic N) is 1. The summed E-state index contributed by atoms with van der Waals surface area (Å²) in [5.74, 6) is 1.30. The molecule has 0 aromatic heterocycles. The number of carbonyl (C=O) groups excluding carboxylic acids is 1. The fraction of sp³-hybridized carbons (Fsp3) is 0.833. The molecule has 0 aromatic rings. The molecule has 0 bridgehead atoms. The fourth-order valence-electron chi connectivity index (χ4n) is 1.65. The summed E-state index contributed by atoms with van der Waals surface area (Å²) < 4.78 is 0. The molecule has 1 heterocycles. The number of amides is 1. The third kappa shape index (κ3) is 3.22. The number of nitrogens with one attached hydrogen (secondary N) is 2. The molecule has 0 radical (unpaired) electrons. The van der Waals surface area contributed by atoms with Crippen molar-refractivity contribution in [2.24, 2.45) is 10.9 Å². The maximum Gasteiger partial charge on any atom is 0.252 e. The average molecular weight is 225 g/mol. The molecule has 0 aromatic carbocycles. The van der Waals surface area contributed by atoms with Crippen LogP contribution < -0.4 is 10.6 Å². The molecule has 4 nitrogen and oxygen atoms in total. The molecule has 2 N–H and O–H groups in total. The minimum atomic E-state index is -0.475. The number of hydrogen-bond acceptors (Lipinski definition) is 2. The predicted octanol–water partition coefficient (Wildman–Crippen LogP) is 1.67. The van der Waals surface area contributed by atoms with E-state index in [0.717, 1.165) is 25.8 Å². The summed E-state index contributed by atoms with van der Waals surface area (Å²) in [5, 5.41) is 6.00. The summed E-state index contributed by atoms with van der Waals surface area (Å²) in [6.07, 6.45) is 2.88. The molecule has 92 valence electrons. The van der Waals surface area contributed by atoms with Gasteiger partial charge in [0.15, 0.2) is 5.96 Å². The highest BCUT2D eigenvalue weighted by Crippen LogP contribution is 2.19. The SMILES string of the molecule is CCCN=C1NC(=O)C(C)(CCC(C)C)N1. The second-order valence-corrected chi connectivity index (χ2v) is 5.07. The van der Waals surface area contributed by atoms with E-state index in [0.29, 0.717) is 11.9 Å². The Morgan fingerprint density at radius 1 is 1.44 bits per heavy atom. The number of guanidine groups is 1. The van der Waals surface area contributed by atoms with E-state index in [1.807, 2.05) is 6.92 Å². The van der Waals surface area contributed by atoms with Crippen molar-refractivity contribution < 1.29 is 4.79 Å². The largest absolute Gasteiger partial charge is 0.342 e. The predicted molar refractivity (Wildman–Crippen MR) is 66.3 cm³/mol. The normalized spacial score (nSPS) is 27.3. The zero-order chi connectivity index (χ0) is 12.2. The highest BCUT2D eigenvalue weighted by molar-refractivity contribution is 6.08. The molecule has 1 unspecified atom stereocenters. The van der Waals surface area contributed by atoms with E-state index in [1.54, 1.807) is 0 Å². The quantitative estimate of drug-likeness (QED) is 0.747. The molecule has 1 atom stereocenters. The molecule has 1 rings (SSSR count). The van der Waals surface area contributed by atoms with Crippen LogP contribution in [0.3, 0.4) is 0 Å². The van der Waals surface area contributed by atoms with Crippen LogP contribution in [0.2, 0.25) is 0 Å². The topological polar surface area (TPSA) is 53.5 Å². The zero-order valence-electron chi connectivity index (χ0n) is 10.8. The highest BCUT2D eigenvalue weighted by atomic mass is 16.2. The lowest BCUT2D eigenvalue weighted by Gasteiger charge is -2.21. The number of rotatable bonds is 5.